The van der Waals surface area contributed by atoms with Crippen LogP contribution in [0.25, 0.3) is 0 Å². The third kappa shape index (κ3) is 4.91. The quantitative estimate of drug-likeness (QED) is 0.461. The molecule has 1 N–H and O–H groups in total. The van der Waals surface area contributed by atoms with Gasteiger partial charge in [0.25, 0.3) is 0 Å². The van der Waals surface area contributed by atoms with E-state index in [-0.39, 0.29) is 29.0 Å². The van der Waals surface area contributed by atoms with Crippen molar-refractivity contribution >= 4 is 23.4 Å². The van der Waals surface area contributed by atoms with Crippen molar-refractivity contribution in [2.75, 3.05) is 7.11 Å². The molecule has 7 heteroatoms. The van der Waals surface area contributed by atoms with Crippen LogP contribution in [0.3, 0.4) is 0 Å². The summed E-state index contributed by atoms with van der Waals surface area (Å²) in [5.41, 5.74) is 0.494. The van der Waals surface area contributed by atoms with Gasteiger partial charge in [0.15, 0.2) is 11.5 Å². The van der Waals surface area contributed by atoms with Crippen molar-refractivity contribution in [2.45, 2.75) is 33.7 Å². The molecule has 0 saturated heterocycles. The third-order valence-corrected chi connectivity index (χ3v) is 3.37. The molecule has 0 aliphatic heterocycles. The molecule has 1 aromatic carbocycles. The number of hydrogen-bond acceptors (Lipinski definition) is 6. The number of rotatable bonds is 7. The highest BCUT2D eigenvalue weighted by molar-refractivity contribution is 6.01. The molecule has 0 bridgehead atoms. The molecular weight excluding hydrogens is 314 g/mol. The average molecular weight is 335 g/mol. The highest BCUT2D eigenvalue weighted by Gasteiger charge is 2.32. The van der Waals surface area contributed by atoms with E-state index in [1.807, 2.05) is 0 Å². The van der Waals surface area contributed by atoms with Gasteiger partial charge in [0.2, 0.25) is 5.91 Å². The molecule has 1 atom stereocenters. The minimum atomic E-state index is -1.02. The second kappa shape index (κ2) is 8.24. The molecule has 1 rings (SSSR count). The van der Waals surface area contributed by atoms with Gasteiger partial charge in [0, 0.05) is 13.8 Å². The van der Waals surface area contributed by atoms with Gasteiger partial charge in [-0.1, -0.05) is 6.07 Å². The van der Waals surface area contributed by atoms with Crippen molar-refractivity contribution in [3.05, 3.63) is 23.8 Å². The summed E-state index contributed by atoms with van der Waals surface area (Å²) in [6.45, 7) is 5.15. The molecule has 0 aromatic heterocycles. The van der Waals surface area contributed by atoms with Crippen LogP contribution in [0.4, 0.5) is 0 Å². The van der Waals surface area contributed by atoms with E-state index in [4.69, 9.17) is 9.47 Å². The summed E-state index contributed by atoms with van der Waals surface area (Å²) in [5.74, 6) is -2.16. The van der Waals surface area contributed by atoms with Crippen molar-refractivity contribution < 1.29 is 28.7 Å². The molecule has 0 fully saturated rings. The van der Waals surface area contributed by atoms with Crippen LogP contribution in [-0.4, -0.2) is 30.6 Å². The standard InChI is InChI=1S/C17H21NO6/c1-9(19)16(10(2)20)17(18-11(3)21)13-6-7-14(24-12(4)22)15(8-13)23-5/h6-8,16-17H,1-5H3,(H,18,21). The number of ketones is 2. The predicted octanol–water partition coefficient (Wildman–Crippen LogP) is 1.59. The number of amides is 1. The smallest absolute Gasteiger partial charge is 0.308 e. The highest BCUT2D eigenvalue weighted by Crippen LogP contribution is 2.33. The monoisotopic (exact) mass is 335 g/mol. The van der Waals surface area contributed by atoms with Gasteiger partial charge in [-0.2, -0.15) is 0 Å². The van der Waals surface area contributed by atoms with Crippen LogP contribution < -0.4 is 14.8 Å². The van der Waals surface area contributed by atoms with Crippen LogP contribution in [0.5, 0.6) is 11.5 Å². The van der Waals surface area contributed by atoms with Crippen LogP contribution >= 0.6 is 0 Å². The molecule has 0 radical (unpaired) electrons. The summed E-state index contributed by atoms with van der Waals surface area (Å²) < 4.78 is 10.2. The first kappa shape index (κ1) is 19.3. The fraction of sp³-hybridized carbons (Fsp3) is 0.412. The van der Waals surface area contributed by atoms with Crippen molar-refractivity contribution in [3.63, 3.8) is 0 Å². The van der Waals surface area contributed by atoms with E-state index >= 15 is 0 Å². The van der Waals surface area contributed by atoms with E-state index in [1.165, 1.54) is 46.9 Å². The summed E-state index contributed by atoms with van der Waals surface area (Å²) in [7, 11) is 1.40. The number of nitrogens with one attached hydrogen (secondary N) is 1. The van der Waals surface area contributed by atoms with E-state index in [9.17, 15) is 19.2 Å². The Balaban J connectivity index is 3.37. The summed E-state index contributed by atoms with van der Waals surface area (Å²) >= 11 is 0. The van der Waals surface area contributed by atoms with Crippen LogP contribution in [0.2, 0.25) is 0 Å². The van der Waals surface area contributed by atoms with Gasteiger partial charge in [-0.15, -0.1) is 0 Å². The number of hydrogen-bond donors (Lipinski definition) is 1. The van der Waals surface area contributed by atoms with E-state index in [0.717, 1.165) is 0 Å². The second-order valence-electron chi connectivity index (χ2n) is 5.38. The van der Waals surface area contributed by atoms with Gasteiger partial charge in [-0.25, -0.2) is 0 Å². The van der Waals surface area contributed by atoms with E-state index in [2.05, 4.69) is 5.32 Å². The number of carbonyl (C=O) groups is 4. The molecule has 0 heterocycles. The number of ether oxygens (including phenoxy) is 2. The molecule has 1 amide bonds. The summed E-state index contributed by atoms with van der Waals surface area (Å²) in [6.07, 6.45) is 0. The molecule has 0 spiro atoms. The average Bonchev–Trinajstić information content (AvgIpc) is 2.45. The minimum absolute atomic E-state index is 0.206. The lowest BCUT2D eigenvalue weighted by atomic mass is 9.87. The first-order valence-corrected chi connectivity index (χ1v) is 7.31. The molecule has 0 aliphatic carbocycles. The molecule has 7 nitrogen and oxygen atoms in total. The maximum absolute atomic E-state index is 11.9. The maximum Gasteiger partial charge on any atom is 0.308 e. The first-order valence-electron chi connectivity index (χ1n) is 7.31. The van der Waals surface area contributed by atoms with Crippen LogP contribution in [0, 0.1) is 5.92 Å². The lowest BCUT2D eigenvalue weighted by molar-refractivity contribution is -0.133. The van der Waals surface area contributed by atoms with Gasteiger partial charge in [0.1, 0.15) is 17.5 Å². The topological polar surface area (TPSA) is 98.8 Å². The van der Waals surface area contributed by atoms with Gasteiger partial charge >= 0.3 is 5.97 Å². The predicted molar refractivity (Wildman–Crippen MR) is 85.7 cm³/mol. The lowest BCUT2D eigenvalue weighted by Crippen LogP contribution is -2.38. The Bertz CT molecular complexity index is 653. The zero-order valence-electron chi connectivity index (χ0n) is 14.3. The number of Topliss-reactive ketones (excluding diaryl/α,β-unsaturated/α-hetero) is 2. The van der Waals surface area contributed by atoms with Crippen LogP contribution in [0.1, 0.15) is 39.3 Å². The van der Waals surface area contributed by atoms with Crippen molar-refractivity contribution in [2.24, 2.45) is 5.92 Å². The Labute approximate surface area is 140 Å². The molecule has 0 aliphatic rings. The number of esters is 1. The summed E-state index contributed by atoms with van der Waals surface area (Å²) in [4.78, 5) is 46.4. The molecule has 24 heavy (non-hydrogen) atoms. The zero-order valence-corrected chi connectivity index (χ0v) is 14.3. The number of benzene rings is 1. The van der Waals surface area contributed by atoms with Crippen LogP contribution in [0.15, 0.2) is 18.2 Å². The molecular formula is C17H21NO6. The molecule has 1 aromatic rings. The van der Waals surface area contributed by atoms with Gasteiger partial charge in [-0.3, -0.25) is 19.2 Å². The van der Waals surface area contributed by atoms with Crippen molar-refractivity contribution in [3.8, 4) is 11.5 Å². The zero-order chi connectivity index (χ0) is 18.4. The molecule has 1 unspecified atom stereocenters. The molecule has 130 valence electrons. The fourth-order valence-electron chi connectivity index (χ4n) is 2.45. The fourth-order valence-corrected chi connectivity index (χ4v) is 2.45. The van der Waals surface area contributed by atoms with Crippen molar-refractivity contribution in [1.29, 1.82) is 0 Å². The number of methoxy groups -OCH3 is 1. The summed E-state index contributed by atoms with van der Waals surface area (Å²) in [5, 5.41) is 2.63. The van der Waals surface area contributed by atoms with Crippen LogP contribution in [-0.2, 0) is 19.2 Å². The van der Waals surface area contributed by atoms with Crippen molar-refractivity contribution in [1.82, 2.24) is 5.32 Å². The van der Waals surface area contributed by atoms with E-state index < -0.39 is 17.9 Å². The highest BCUT2D eigenvalue weighted by atomic mass is 16.6. The lowest BCUT2D eigenvalue weighted by Gasteiger charge is -2.25. The third-order valence-electron chi connectivity index (χ3n) is 3.37. The van der Waals surface area contributed by atoms with E-state index in [1.54, 1.807) is 6.07 Å². The molecule has 0 saturated carbocycles. The minimum Gasteiger partial charge on any atom is -0.493 e. The van der Waals surface area contributed by atoms with Gasteiger partial charge < -0.3 is 14.8 Å². The number of carbonyl (C=O) groups excluding carboxylic acids is 4. The normalized spacial score (nSPS) is 11.6. The SMILES string of the molecule is COc1cc(C(NC(C)=O)C(C(C)=O)C(C)=O)ccc1OC(C)=O. The Morgan fingerprint density at radius 2 is 1.54 bits per heavy atom. The Morgan fingerprint density at radius 1 is 0.958 bits per heavy atom. The summed E-state index contributed by atoms with van der Waals surface area (Å²) in [6, 6.07) is 3.75. The van der Waals surface area contributed by atoms with E-state index in [0.29, 0.717) is 5.56 Å². The Kier molecular flexibility index (Phi) is 6.64. The van der Waals surface area contributed by atoms with Gasteiger partial charge in [0.05, 0.1) is 13.2 Å². The second-order valence-corrected chi connectivity index (χ2v) is 5.38. The van der Waals surface area contributed by atoms with Gasteiger partial charge in [-0.05, 0) is 31.5 Å². The largest absolute Gasteiger partial charge is 0.493 e. The Morgan fingerprint density at radius 3 is 1.96 bits per heavy atom. The Hall–Kier alpha value is -2.70. The maximum atomic E-state index is 11.9. The first-order chi connectivity index (χ1) is 11.2.